The highest BCUT2D eigenvalue weighted by Crippen LogP contribution is 2.18. The first-order valence-electron chi connectivity index (χ1n) is 9.60. The van der Waals surface area contributed by atoms with Gasteiger partial charge in [0, 0.05) is 13.0 Å². The number of carbonyl (C=O) groups is 1. The molecule has 0 unspecified atom stereocenters. The fourth-order valence-corrected chi connectivity index (χ4v) is 3.04. The standard InChI is InChI=1S/C22H28F2N2O3.CH4/c1-15-13-17(6-8-19(15)23)5-4-11-26(3)12-10-21(22(27)25-28)29-18-7-9-20(24)16(2)14-18;/h6-9,13-14,21,28H,4-5,10-12H2,1-3H3,(H,25,27);1H4/t21-;/m1./s1. The monoisotopic (exact) mass is 422 g/mol. The number of carbonyl (C=O) groups excluding carboxylic acids is 1. The van der Waals surface area contributed by atoms with Crippen LogP contribution in [0.25, 0.3) is 0 Å². The highest BCUT2D eigenvalue weighted by Gasteiger charge is 2.21. The summed E-state index contributed by atoms with van der Waals surface area (Å²) in [4.78, 5) is 14.0. The Balaban J connectivity index is 0.00000450. The Hall–Kier alpha value is -2.51. The van der Waals surface area contributed by atoms with Crippen LogP contribution in [-0.2, 0) is 11.2 Å². The van der Waals surface area contributed by atoms with Crippen LogP contribution in [0.2, 0.25) is 0 Å². The van der Waals surface area contributed by atoms with E-state index in [0.29, 0.717) is 29.8 Å². The van der Waals surface area contributed by atoms with Gasteiger partial charge in [-0.05, 0) is 81.2 Å². The number of hydroxylamine groups is 1. The minimum absolute atomic E-state index is 0. The van der Waals surface area contributed by atoms with Crippen molar-refractivity contribution in [3.8, 4) is 5.75 Å². The van der Waals surface area contributed by atoms with Gasteiger partial charge in [0.25, 0.3) is 5.91 Å². The van der Waals surface area contributed by atoms with Crippen molar-refractivity contribution in [3.05, 3.63) is 64.7 Å². The summed E-state index contributed by atoms with van der Waals surface area (Å²) in [7, 11) is 1.94. The maximum Gasteiger partial charge on any atom is 0.284 e. The second-order valence-corrected chi connectivity index (χ2v) is 7.27. The van der Waals surface area contributed by atoms with Crippen LogP contribution in [0.5, 0.6) is 5.75 Å². The number of hydrogen-bond acceptors (Lipinski definition) is 4. The van der Waals surface area contributed by atoms with Crippen molar-refractivity contribution in [2.24, 2.45) is 0 Å². The summed E-state index contributed by atoms with van der Waals surface area (Å²) in [5, 5.41) is 8.98. The molecule has 2 N–H and O–H groups in total. The van der Waals surface area contributed by atoms with Gasteiger partial charge in [-0.15, -0.1) is 0 Å². The summed E-state index contributed by atoms with van der Waals surface area (Å²) >= 11 is 0. The molecule has 0 saturated heterocycles. The lowest BCUT2D eigenvalue weighted by molar-refractivity contribution is -0.136. The zero-order valence-electron chi connectivity index (χ0n) is 17.0. The van der Waals surface area contributed by atoms with Crippen molar-refractivity contribution in [2.45, 2.75) is 46.6 Å². The number of rotatable bonds is 10. The molecule has 0 aromatic heterocycles. The Morgan fingerprint density at radius 2 is 1.73 bits per heavy atom. The topological polar surface area (TPSA) is 61.8 Å². The third-order valence-electron chi connectivity index (χ3n) is 4.81. The fourth-order valence-electron chi connectivity index (χ4n) is 3.04. The van der Waals surface area contributed by atoms with Crippen molar-refractivity contribution in [1.29, 1.82) is 0 Å². The van der Waals surface area contributed by atoms with Gasteiger partial charge in [0.05, 0.1) is 0 Å². The molecule has 7 heteroatoms. The van der Waals surface area contributed by atoms with E-state index in [4.69, 9.17) is 9.94 Å². The molecule has 0 aliphatic rings. The third kappa shape index (κ3) is 7.72. The zero-order valence-corrected chi connectivity index (χ0v) is 17.0. The van der Waals surface area contributed by atoms with Crippen molar-refractivity contribution in [2.75, 3.05) is 20.1 Å². The summed E-state index contributed by atoms with van der Waals surface area (Å²) in [6.45, 7) is 4.72. The fraction of sp³-hybridized carbons (Fsp3) is 0.435. The molecule has 1 atom stereocenters. The average Bonchev–Trinajstić information content (AvgIpc) is 2.70. The van der Waals surface area contributed by atoms with E-state index >= 15 is 0 Å². The van der Waals surface area contributed by atoms with E-state index < -0.39 is 12.0 Å². The van der Waals surface area contributed by atoms with E-state index in [1.165, 1.54) is 24.3 Å². The van der Waals surface area contributed by atoms with Gasteiger partial charge in [-0.1, -0.05) is 19.6 Å². The van der Waals surface area contributed by atoms with Crippen LogP contribution in [-0.4, -0.2) is 42.3 Å². The van der Waals surface area contributed by atoms with Gasteiger partial charge in [0.2, 0.25) is 0 Å². The number of benzene rings is 2. The lowest BCUT2D eigenvalue weighted by atomic mass is 10.1. The van der Waals surface area contributed by atoms with Gasteiger partial charge in [0.15, 0.2) is 6.10 Å². The maximum atomic E-state index is 13.4. The molecule has 0 aliphatic heterocycles. The van der Waals surface area contributed by atoms with Gasteiger partial charge in [0.1, 0.15) is 17.4 Å². The van der Waals surface area contributed by atoms with Crippen LogP contribution in [0.15, 0.2) is 36.4 Å². The lowest BCUT2D eigenvalue weighted by Crippen LogP contribution is -2.39. The summed E-state index contributed by atoms with van der Waals surface area (Å²) in [6.07, 6.45) is 1.18. The van der Waals surface area contributed by atoms with Crippen molar-refractivity contribution in [3.63, 3.8) is 0 Å². The number of halogens is 2. The molecule has 166 valence electrons. The number of ether oxygens (including phenoxy) is 1. The Morgan fingerprint density at radius 1 is 1.10 bits per heavy atom. The van der Waals surface area contributed by atoms with Crippen LogP contribution >= 0.6 is 0 Å². The van der Waals surface area contributed by atoms with Crippen molar-refractivity contribution < 1.29 is 23.5 Å². The lowest BCUT2D eigenvalue weighted by Gasteiger charge is -2.22. The maximum absolute atomic E-state index is 13.4. The molecule has 0 bridgehead atoms. The molecule has 0 radical (unpaired) electrons. The molecule has 0 saturated carbocycles. The van der Waals surface area contributed by atoms with Gasteiger partial charge >= 0.3 is 0 Å². The first-order chi connectivity index (χ1) is 13.8. The second kappa shape index (κ2) is 12.2. The van der Waals surface area contributed by atoms with Crippen molar-refractivity contribution >= 4 is 5.91 Å². The van der Waals surface area contributed by atoms with E-state index in [2.05, 4.69) is 4.90 Å². The Kier molecular flexibility index (Phi) is 10.4. The number of amides is 1. The first-order valence-corrected chi connectivity index (χ1v) is 9.60. The smallest absolute Gasteiger partial charge is 0.284 e. The van der Waals surface area contributed by atoms with Gasteiger partial charge in [-0.25, -0.2) is 14.3 Å². The summed E-state index contributed by atoms with van der Waals surface area (Å²) in [5.41, 5.74) is 3.77. The highest BCUT2D eigenvalue weighted by atomic mass is 19.1. The van der Waals surface area contributed by atoms with Gasteiger partial charge in [-0.2, -0.15) is 0 Å². The Labute approximate surface area is 177 Å². The molecule has 1 amide bonds. The molecule has 2 aromatic carbocycles. The number of aryl methyl sites for hydroxylation is 3. The largest absolute Gasteiger partial charge is 0.480 e. The Bertz CT molecular complexity index is 830. The molecule has 30 heavy (non-hydrogen) atoms. The molecule has 0 fully saturated rings. The minimum atomic E-state index is -0.896. The van der Waals surface area contributed by atoms with E-state index in [1.54, 1.807) is 25.4 Å². The highest BCUT2D eigenvalue weighted by molar-refractivity contribution is 5.79. The molecular weight excluding hydrogens is 390 g/mol. The molecule has 0 heterocycles. The zero-order chi connectivity index (χ0) is 21.4. The van der Waals surface area contributed by atoms with Crippen LogP contribution < -0.4 is 10.2 Å². The second-order valence-electron chi connectivity index (χ2n) is 7.27. The van der Waals surface area contributed by atoms with Crippen molar-refractivity contribution in [1.82, 2.24) is 10.4 Å². The SMILES string of the molecule is C.Cc1cc(CCCN(C)CC[C@@H](Oc2ccc(F)c(C)c2)C(=O)NO)ccc1F. The predicted octanol–water partition coefficient (Wildman–Crippen LogP) is 4.43. The number of nitrogens with zero attached hydrogens (tertiary/aromatic N) is 1. The van der Waals surface area contributed by atoms with Crippen LogP contribution in [0.3, 0.4) is 0 Å². The quantitative estimate of drug-likeness (QED) is 0.439. The molecule has 5 nitrogen and oxygen atoms in total. The normalized spacial score (nSPS) is 11.7. The van der Waals surface area contributed by atoms with Crippen LogP contribution in [0.1, 0.15) is 37.0 Å². The summed E-state index contributed by atoms with van der Waals surface area (Å²) in [5.74, 6) is -0.832. The number of nitrogens with one attached hydrogen (secondary N) is 1. The van der Waals surface area contributed by atoms with E-state index in [0.717, 1.165) is 24.9 Å². The van der Waals surface area contributed by atoms with Crippen LogP contribution in [0.4, 0.5) is 8.78 Å². The predicted molar refractivity (Wildman–Crippen MR) is 114 cm³/mol. The number of hydrogen-bond donors (Lipinski definition) is 2. The molecule has 0 aliphatic carbocycles. The van der Waals surface area contributed by atoms with Gasteiger partial charge < -0.3 is 9.64 Å². The first kappa shape index (κ1) is 25.5. The molecular formula is C23H32F2N2O3. The average molecular weight is 423 g/mol. The summed E-state index contributed by atoms with van der Waals surface area (Å²) in [6, 6.07) is 9.39. The third-order valence-corrected chi connectivity index (χ3v) is 4.81. The molecule has 2 rings (SSSR count). The molecule has 0 spiro atoms. The van der Waals surface area contributed by atoms with Crippen LogP contribution in [0, 0.1) is 25.5 Å². The van der Waals surface area contributed by atoms with Gasteiger partial charge in [-0.3, -0.25) is 10.0 Å². The van der Waals surface area contributed by atoms with E-state index in [-0.39, 0.29) is 19.1 Å². The molecule has 2 aromatic rings. The van der Waals surface area contributed by atoms with E-state index in [9.17, 15) is 13.6 Å². The summed E-state index contributed by atoms with van der Waals surface area (Å²) < 4.78 is 32.4. The minimum Gasteiger partial charge on any atom is -0.480 e. The van der Waals surface area contributed by atoms with E-state index in [1.807, 2.05) is 13.1 Å². The Morgan fingerprint density at radius 3 is 2.33 bits per heavy atom.